The van der Waals surface area contributed by atoms with E-state index in [0.29, 0.717) is 12.3 Å². The number of carbonyl (C=O) groups excluding carboxylic acids is 1. The number of hydrogen-bond donors (Lipinski definition) is 3. The summed E-state index contributed by atoms with van der Waals surface area (Å²) in [5, 5.41) is 6.23. The van der Waals surface area contributed by atoms with Gasteiger partial charge in [0.1, 0.15) is 5.82 Å². The molecule has 5 nitrogen and oxygen atoms in total. The van der Waals surface area contributed by atoms with Crippen molar-refractivity contribution in [2.75, 3.05) is 18.4 Å². The van der Waals surface area contributed by atoms with Crippen LogP contribution in [0.4, 0.5) is 5.69 Å². The van der Waals surface area contributed by atoms with Gasteiger partial charge in [0.15, 0.2) is 0 Å². The molecule has 2 aromatic rings. The molecule has 0 aliphatic carbocycles. The Kier molecular flexibility index (Phi) is 6.45. The molecule has 1 unspecified atom stereocenters. The zero-order valence-electron chi connectivity index (χ0n) is 11.8. The Labute approximate surface area is 136 Å². The van der Waals surface area contributed by atoms with E-state index in [0.717, 1.165) is 42.1 Å². The number of aryl methyl sites for hydroxylation is 1. The summed E-state index contributed by atoms with van der Waals surface area (Å²) in [6.45, 7) is 3.90. The van der Waals surface area contributed by atoms with E-state index >= 15 is 0 Å². The quantitative estimate of drug-likeness (QED) is 0.810. The van der Waals surface area contributed by atoms with Gasteiger partial charge in [0.25, 0.3) is 0 Å². The van der Waals surface area contributed by atoms with Crippen molar-refractivity contribution in [1.82, 2.24) is 15.3 Å². The number of halogens is 2. The van der Waals surface area contributed by atoms with Gasteiger partial charge in [0.2, 0.25) is 5.91 Å². The molecule has 0 bridgehead atoms. The van der Waals surface area contributed by atoms with Crippen LogP contribution in [0.5, 0.6) is 0 Å². The summed E-state index contributed by atoms with van der Waals surface area (Å²) in [7, 11) is 0. The van der Waals surface area contributed by atoms with Crippen molar-refractivity contribution in [3.05, 3.63) is 24.0 Å². The van der Waals surface area contributed by atoms with Crippen LogP contribution in [0.3, 0.4) is 0 Å². The Morgan fingerprint density at radius 2 is 2.24 bits per heavy atom. The number of hydrogen-bond acceptors (Lipinski definition) is 3. The standard InChI is InChI=1S/C14H18N4O.2ClH/c1-9-16-12-3-2-11(7-13(12)17-9)18-14(19)6-10-4-5-15-8-10;;/h2-3,7,10,15H,4-6,8H2,1H3,(H,16,17)(H,18,19);2*1H. The molecule has 1 atom stereocenters. The number of rotatable bonds is 3. The van der Waals surface area contributed by atoms with Crippen molar-refractivity contribution < 1.29 is 4.79 Å². The molecule has 1 aliphatic rings. The lowest BCUT2D eigenvalue weighted by molar-refractivity contribution is -0.116. The molecule has 1 aromatic carbocycles. The summed E-state index contributed by atoms with van der Waals surface area (Å²) >= 11 is 0. The number of anilines is 1. The van der Waals surface area contributed by atoms with E-state index in [1.165, 1.54) is 0 Å². The third-order valence-corrected chi connectivity index (χ3v) is 3.52. The largest absolute Gasteiger partial charge is 0.342 e. The average Bonchev–Trinajstić information content (AvgIpc) is 2.96. The molecule has 3 rings (SSSR count). The van der Waals surface area contributed by atoms with Crippen molar-refractivity contribution in [2.24, 2.45) is 5.92 Å². The van der Waals surface area contributed by atoms with Crippen molar-refractivity contribution >= 4 is 47.4 Å². The smallest absolute Gasteiger partial charge is 0.224 e. The molecule has 1 aliphatic heterocycles. The number of nitrogens with one attached hydrogen (secondary N) is 3. The summed E-state index contributed by atoms with van der Waals surface area (Å²) in [6, 6.07) is 5.75. The number of aromatic nitrogens is 2. The third kappa shape index (κ3) is 4.33. The van der Waals surface area contributed by atoms with E-state index in [4.69, 9.17) is 0 Å². The van der Waals surface area contributed by atoms with Gasteiger partial charge in [-0.1, -0.05) is 0 Å². The fraction of sp³-hybridized carbons (Fsp3) is 0.429. The van der Waals surface area contributed by atoms with E-state index in [1.54, 1.807) is 0 Å². The third-order valence-electron chi connectivity index (χ3n) is 3.52. The van der Waals surface area contributed by atoms with Gasteiger partial charge in [0.05, 0.1) is 11.0 Å². The van der Waals surface area contributed by atoms with Crippen LogP contribution >= 0.6 is 24.8 Å². The first-order valence-corrected chi connectivity index (χ1v) is 6.67. The number of fused-ring (bicyclic) bond motifs is 1. The van der Waals surface area contributed by atoms with Crippen LogP contribution in [0.25, 0.3) is 11.0 Å². The van der Waals surface area contributed by atoms with Crippen molar-refractivity contribution in [3.63, 3.8) is 0 Å². The van der Waals surface area contributed by atoms with E-state index in [1.807, 2.05) is 25.1 Å². The molecule has 21 heavy (non-hydrogen) atoms. The summed E-state index contributed by atoms with van der Waals surface area (Å²) in [5.41, 5.74) is 2.71. The molecule has 0 radical (unpaired) electrons. The predicted octanol–water partition coefficient (Wildman–Crippen LogP) is 2.65. The van der Waals surface area contributed by atoms with Gasteiger partial charge in [-0.05, 0) is 50.6 Å². The number of benzene rings is 1. The Morgan fingerprint density at radius 3 is 2.95 bits per heavy atom. The molecule has 7 heteroatoms. The topological polar surface area (TPSA) is 69.8 Å². The molecule has 1 fully saturated rings. The van der Waals surface area contributed by atoms with E-state index in [2.05, 4.69) is 20.6 Å². The zero-order chi connectivity index (χ0) is 13.2. The minimum absolute atomic E-state index is 0. The lowest BCUT2D eigenvalue weighted by Gasteiger charge is -2.09. The first-order valence-electron chi connectivity index (χ1n) is 6.67. The maximum Gasteiger partial charge on any atom is 0.224 e. The minimum atomic E-state index is 0. The highest BCUT2D eigenvalue weighted by Gasteiger charge is 2.18. The number of carbonyl (C=O) groups is 1. The molecular weight excluding hydrogens is 311 g/mol. The average molecular weight is 331 g/mol. The van der Waals surface area contributed by atoms with Crippen LogP contribution in [0.15, 0.2) is 18.2 Å². The Balaban J connectivity index is 0.00000110. The van der Waals surface area contributed by atoms with Crippen LogP contribution in [0.1, 0.15) is 18.7 Å². The number of nitrogens with zero attached hydrogens (tertiary/aromatic N) is 1. The summed E-state index contributed by atoms with van der Waals surface area (Å²) < 4.78 is 0. The summed E-state index contributed by atoms with van der Waals surface area (Å²) in [4.78, 5) is 19.5. The van der Waals surface area contributed by atoms with Gasteiger partial charge in [-0.2, -0.15) is 0 Å². The fourth-order valence-electron chi connectivity index (χ4n) is 2.58. The van der Waals surface area contributed by atoms with Crippen molar-refractivity contribution in [3.8, 4) is 0 Å². The molecule has 1 aromatic heterocycles. The van der Waals surface area contributed by atoms with Crippen LogP contribution in [0.2, 0.25) is 0 Å². The molecule has 0 spiro atoms. The van der Waals surface area contributed by atoms with E-state index < -0.39 is 0 Å². The van der Waals surface area contributed by atoms with Crippen LogP contribution in [-0.2, 0) is 4.79 Å². The van der Waals surface area contributed by atoms with Gasteiger partial charge in [0, 0.05) is 12.1 Å². The van der Waals surface area contributed by atoms with Gasteiger partial charge < -0.3 is 15.6 Å². The van der Waals surface area contributed by atoms with Gasteiger partial charge in [-0.3, -0.25) is 4.79 Å². The molecule has 2 heterocycles. The number of aromatic amines is 1. The Morgan fingerprint density at radius 1 is 1.43 bits per heavy atom. The SMILES string of the molecule is Cc1nc2ccc(NC(=O)CC3CCNC3)cc2[nH]1.Cl.Cl. The van der Waals surface area contributed by atoms with Crippen molar-refractivity contribution in [1.29, 1.82) is 0 Å². The molecular formula is C14H20Cl2N4O. The minimum Gasteiger partial charge on any atom is -0.342 e. The normalized spacial score (nSPS) is 17.1. The second kappa shape index (κ2) is 7.64. The Hall–Kier alpha value is -1.30. The predicted molar refractivity (Wildman–Crippen MR) is 89.6 cm³/mol. The molecule has 116 valence electrons. The summed E-state index contributed by atoms with van der Waals surface area (Å²) in [6.07, 6.45) is 1.68. The molecule has 0 saturated carbocycles. The van der Waals surface area contributed by atoms with Crippen LogP contribution in [0, 0.1) is 12.8 Å². The summed E-state index contributed by atoms with van der Waals surface area (Å²) in [5.74, 6) is 1.44. The monoisotopic (exact) mass is 330 g/mol. The van der Waals surface area contributed by atoms with E-state index in [-0.39, 0.29) is 30.7 Å². The molecule has 3 N–H and O–H groups in total. The first kappa shape index (κ1) is 17.8. The maximum atomic E-state index is 11.9. The Bertz CT molecular complexity index is 608. The highest BCUT2D eigenvalue weighted by molar-refractivity contribution is 5.93. The molecule has 1 amide bonds. The van der Waals surface area contributed by atoms with Crippen molar-refractivity contribution in [2.45, 2.75) is 19.8 Å². The number of amides is 1. The number of H-pyrrole nitrogens is 1. The lowest BCUT2D eigenvalue weighted by Crippen LogP contribution is -2.18. The van der Waals surface area contributed by atoms with Crippen LogP contribution in [-0.4, -0.2) is 29.0 Å². The second-order valence-corrected chi connectivity index (χ2v) is 5.17. The lowest BCUT2D eigenvalue weighted by atomic mass is 10.0. The molecule has 1 saturated heterocycles. The highest BCUT2D eigenvalue weighted by atomic mass is 35.5. The highest BCUT2D eigenvalue weighted by Crippen LogP contribution is 2.18. The van der Waals surface area contributed by atoms with Gasteiger partial charge in [-0.15, -0.1) is 24.8 Å². The second-order valence-electron chi connectivity index (χ2n) is 5.17. The van der Waals surface area contributed by atoms with Gasteiger partial charge >= 0.3 is 0 Å². The van der Waals surface area contributed by atoms with Crippen LogP contribution < -0.4 is 10.6 Å². The number of imidazole rings is 1. The fourth-order valence-corrected chi connectivity index (χ4v) is 2.58. The van der Waals surface area contributed by atoms with E-state index in [9.17, 15) is 4.79 Å². The zero-order valence-corrected chi connectivity index (χ0v) is 13.4. The van der Waals surface area contributed by atoms with Gasteiger partial charge in [-0.25, -0.2) is 4.98 Å². The first-order chi connectivity index (χ1) is 9.20. The maximum absolute atomic E-state index is 11.9.